The van der Waals surface area contributed by atoms with Crippen molar-refractivity contribution in [2.24, 2.45) is 0 Å². The van der Waals surface area contributed by atoms with E-state index in [0.717, 1.165) is 16.8 Å². The molecule has 0 bridgehead atoms. The van der Waals surface area contributed by atoms with Gasteiger partial charge in [0, 0.05) is 30.8 Å². The highest BCUT2D eigenvalue weighted by atomic mass is 19.1. The van der Waals surface area contributed by atoms with E-state index in [0.29, 0.717) is 23.4 Å². The number of carbonyl (C=O) groups is 2. The van der Waals surface area contributed by atoms with Crippen LogP contribution < -0.4 is 5.32 Å². The molecule has 0 saturated heterocycles. The average molecular weight is 428 g/mol. The van der Waals surface area contributed by atoms with Crippen LogP contribution in [0.2, 0.25) is 0 Å². The molecule has 0 aliphatic carbocycles. The molecule has 31 heavy (non-hydrogen) atoms. The summed E-state index contributed by atoms with van der Waals surface area (Å²) in [5, 5.41) is 26.8. The number of aliphatic hydroxyl groups excluding tert-OH is 1. The van der Waals surface area contributed by atoms with Gasteiger partial charge in [-0.05, 0) is 25.1 Å². The van der Waals surface area contributed by atoms with E-state index in [-0.39, 0.29) is 31.3 Å². The lowest BCUT2D eigenvalue weighted by molar-refractivity contribution is -0.159. The van der Waals surface area contributed by atoms with Crippen LogP contribution in [0.5, 0.6) is 0 Å². The number of halogens is 1. The zero-order valence-electron chi connectivity index (χ0n) is 17.0. The summed E-state index contributed by atoms with van der Waals surface area (Å²) >= 11 is 0. The summed E-state index contributed by atoms with van der Waals surface area (Å²) in [6, 6.07) is 4.86. The van der Waals surface area contributed by atoms with Gasteiger partial charge in [-0.3, -0.25) is 14.3 Å². The van der Waals surface area contributed by atoms with E-state index in [9.17, 15) is 19.1 Å². The molecular weight excluding hydrogens is 407 g/mol. The molecule has 162 valence electrons. The Labute approximate surface area is 177 Å². The lowest BCUT2D eigenvalue weighted by Crippen LogP contribution is -2.45. The van der Waals surface area contributed by atoms with Crippen LogP contribution >= 0.6 is 0 Å². The highest BCUT2D eigenvalue weighted by Crippen LogP contribution is 2.29. The number of nitriles is 1. The number of hydrogen-bond donors (Lipinski definition) is 2. The minimum atomic E-state index is -0.662. The van der Waals surface area contributed by atoms with Gasteiger partial charge < -0.3 is 15.3 Å². The van der Waals surface area contributed by atoms with Gasteiger partial charge in [0.25, 0.3) is 5.91 Å². The second-order valence-corrected chi connectivity index (χ2v) is 7.59. The molecule has 1 aromatic carbocycles. The Morgan fingerprint density at radius 2 is 2.26 bits per heavy atom. The largest absolute Gasteiger partial charge is 0.393 e. The first kappa shape index (κ1) is 20.8. The first-order chi connectivity index (χ1) is 14.8. The van der Waals surface area contributed by atoms with Crippen LogP contribution in [0.25, 0.3) is 0 Å². The zero-order chi connectivity index (χ0) is 22.3. The van der Waals surface area contributed by atoms with E-state index in [1.54, 1.807) is 11.0 Å². The van der Waals surface area contributed by atoms with Crippen molar-refractivity contribution in [3.63, 3.8) is 0 Å². The second-order valence-electron chi connectivity index (χ2n) is 7.59. The lowest BCUT2D eigenvalue weighted by Gasteiger charge is -2.33. The molecular formula is C20H21FN6O4. The topological polar surface area (TPSA) is 124 Å². The van der Waals surface area contributed by atoms with E-state index in [4.69, 9.17) is 10.1 Å². The maximum Gasteiger partial charge on any atom is 0.322 e. The zero-order valence-corrected chi connectivity index (χ0v) is 17.0. The molecule has 11 heteroatoms. The molecule has 10 nitrogen and oxygen atoms in total. The van der Waals surface area contributed by atoms with Gasteiger partial charge >= 0.3 is 6.03 Å². The Bertz CT molecular complexity index is 1090. The Hall–Kier alpha value is -3.49. The molecule has 2 aliphatic rings. The SMILES string of the molecule is C[C@@H]1Cc2nn3c(c2CN1C(=O)Nc1ccc(F)c(C#N)c1)C(=O)N(C)O[C@H](CO)C3. The number of nitrogens with one attached hydrogen (secondary N) is 1. The quantitative estimate of drug-likeness (QED) is 0.742. The smallest absolute Gasteiger partial charge is 0.322 e. The minimum absolute atomic E-state index is 0.146. The number of urea groups is 1. The van der Waals surface area contributed by atoms with Gasteiger partial charge in [-0.25, -0.2) is 14.2 Å². The van der Waals surface area contributed by atoms with Gasteiger partial charge in [0.05, 0.1) is 31.0 Å². The predicted octanol–water partition coefficient (Wildman–Crippen LogP) is 1.25. The van der Waals surface area contributed by atoms with Crippen molar-refractivity contribution in [3.8, 4) is 6.07 Å². The highest BCUT2D eigenvalue weighted by molar-refractivity contribution is 5.94. The molecule has 4 rings (SSSR count). The average Bonchev–Trinajstić information content (AvgIpc) is 3.03. The van der Waals surface area contributed by atoms with E-state index < -0.39 is 23.9 Å². The first-order valence-corrected chi connectivity index (χ1v) is 9.73. The van der Waals surface area contributed by atoms with Crippen molar-refractivity contribution in [1.82, 2.24) is 19.7 Å². The minimum Gasteiger partial charge on any atom is -0.393 e. The van der Waals surface area contributed by atoms with E-state index in [1.807, 2.05) is 6.92 Å². The van der Waals surface area contributed by atoms with Crippen LogP contribution in [0.4, 0.5) is 14.9 Å². The van der Waals surface area contributed by atoms with Gasteiger partial charge in [-0.2, -0.15) is 10.4 Å². The highest BCUT2D eigenvalue weighted by Gasteiger charge is 2.37. The molecule has 2 aliphatic heterocycles. The monoisotopic (exact) mass is 428 g/mol. The summed E-state index contributed by atoms with van der Waals surface area (Å²) in [6.07, 6.45) is -0.168. The number of nitrogens with zero attached hydrogens (tertiary/aromatic N) is 5. The fourth-order valence-electron chi connectivity index (χ4n) is 3.86. The van der Waals surface area contributed by atoms with Crippen LogP contribution in [0.1, 0.15) is 34.2 Å². The van der Waals surface area contributed by atoms with Gasteiger partial charge in [0.2, 0.25) is 0 Å². The van der Waals surface area contributed by atoms with Crippen molar-refractivity contribution in [3.05, 3.63) is 46.5 Å². The van der Waals surface area contributed by atoms with Gasteiger partial charge in [0.15, 0.2) is 0 Å². The number of rotatable bonds is 2. The standard InChI is InChI=1S/C20H21FN6O4/c1-11-5-17-15(18-19(29)25(2)31-14(10-28)8-27(18)24-17)9-26(11)20(30)23-13-3-4-16(21)12(6-13)7-22/h3-4,6,11,14,28H,5,8-10H2,1-2H3,(H,23,30)/t11-,14+/m1/s1. The number of amides is 3. The van der Waals surface area contributed by atoms with E-state index >= 15 is 0 Å². The number of hydroxylamine groups is 2. The number of fused-ring (bicyclic) bond motifs is 3. The molecule has 0 saturated carbocycles. The van der Waals surface area contributed by atoms with Crippen LogP contribution in [-0.2, 0) is 24.3 Å². The number of aromatic nitrogens is 2. The van der Waals surface area contributed by atoms with Gasteiger partial charge in [0.1, 0.15) is 23.7 Å². The lowest BCUT2D eigenvalue weighted by atomic mass is 9.99. The van der Waals surface area contributed by atoms with Crippen molar-refractivity contribution in [2.45, 2.75) is 38.6 Å². The van der Waals surface area contributed by atoms with Crippen molar-refractivity contribution >= 4 is 17.6 Å². The molecule has 3 heterocycles. The number of carbonyl (C=O) groups excluding carboxylic acids is 2. The van der Waals surface area contributed by atoms with Crippen LogP contribution in [0.15, 0.2) is 18.2 Å². The molecule has 0 spiro atoms. The van der Waals surface area contributed by atoms with E-state index in [1.165, 1.54) is 23.9 Å². The normalized spacial score (nSPS) is 20.5. The van der Waals surface area contributed by atoms with Crippen LogP contribution in [0.3, 0.4) is 0 Å². The van der Waals surface area contributed by atoms with Gasteiger partial charge in [-0.1, -0.05) is 0 Å². The molecule has 3 amide bonds. The molecule has 2 atom stereocenters. The summed E-state index contributed by atoms with van der Waals surface area (Å²) in [5.74, 6) is -1.07. The molecule has 2 aromatic rings. The molecule has 0 fully saturated rings. The summed E-state index contributed by atoms with van der Waals surface area (Å²) in [4.78, 5) is 32.8. The number of anilines is 1. The second kappa shape index (κ2) is 7.98. The molecule has 1 aromatic heterocycles. The third kappa shape index (κ3) is 3.71. The van der Waals surface area contributed by atoms with Crippen molar-refractivity contribution in [1.29, 1.82) is 5.26 Å². The number of hydrogen-bond acceptors (Lipinski definition) is 6. The summed E-state index contributed by atoms with van der Waals surface area (Å²) in [7, 11) is 1.47. The third-order valence-corrected chi connectivity index (χ3v) is 5.46. The molecule has 0 unspecified atom stereocenters. The third-order valence-electron chi connectivity index (χ3n) is 5.46. The van der Waals surface area contributed by atoms with Gasteiger partial charge in [-0.15, -0.1) is 0 Å². The Balaban J connectivity index is 1.61. The maximum absolute atomic E-state index is 13.6. The molecule has 2 N–H and O–H groups in total. The summed E-state index contributed by atoms with van der Waals surface area (Å²) < 4.78 is 15.1. The fourth-order valence-corrected chi connectivity index (χ4v) is 3.86. The number of aliphatic hydroxyl groups is 1. The first-order valence-electron chi connectivity index (χ1n) is 9.73. The summed E-state index contributed by atoms with van der Waals surface area (Å²) in [6.45, 7) is 1.95. The van der Waals surface area contributed by atoms with Crippen molar-refractivity contribution < 1.29 is 23.9 Å². The predicted molar refractivity (Wildman–Crippen MR) is 105 cm³/mol. The van der Waals surface area contributed by atoms with Crippen molar-refractivity contribution in [2.75, 3.05) is 19.0 Å². The van der Waals surface area contributed by atoms with E-state index in [2.05, 4.69) is 10.4 Å². The van der Waals surface area contributed by atoms with Crippen LogP contribution in [0, 0.1) is 17.1 Å². The van der Waals surface area contributed by atoms with Crippen LogP contribution in [-0.4, -0.2) is 62.6 Å². The summed E-state index contributed by atoms with van der Waals surface area (Å²) in [5.41, 5.74) is 1.81. The fraction of sp³-hybridized carbons (Fsp3) is 0.400. The number of benzene rings is 1. The Kier molecular flexibility index (Phi) is 5.34. The Morgan fingerprint density at radius 3 is 2.97 bits per heavy atom. The molecule has 0 radical (unpaired) electrons. The Morgan fingerprint density at radius 1 is 1.48 bits per heavy atom. The maximum atomic E-state index is 13.6.